The summed E-state index contributed by atoms with van der Waals surface area (Å²) in [4.78, 5) is 27.1. The normalized spacial score (nSPS) is 16.2. The van der Waals surface area contributed by atoms with Crippen molar-refractivity contribution in [3.63, 3.8) is 0 Å². The maximum Gasteiger partial charge on any atom is 0.335 e. The summed E-state index contributed by atoms with van der Waals surface area (Å²) in [6.45, 7) is 3.08. The molecule has 1 aliphatic heterocycles. The maximum atomic E-state index is 13.7. The second-order valence-electron chi connectivity index (χ2n) is 9.07. The highest BCUT2D eigenvalue weighted by Gasteiger charge is 2.27. The van der Waals surface area contributed by atoms with Gasteiger partial charge < -0.3 is 14.6 Å². The van der Waals surface area contributed by atoms with Gasteiger partial charge in [0.15, 0.2) is 0 Å². The van der Waals surface area contributed by atoms with Crippen LogP contribution in [0.3, 0.4) is 0 Å². The van der Waals surface area contributed by atoms with Crippen LogP contribution in [0.25, 0.3) is 0 Å². The molecule has 2 aliphatic rings. The first-order chi connectivity index (χ1) is 15.5. The van der Waals surface area contributed by atoms with Crippen molar-refractivity contribution >= 4 is 17.6 Å². The molecule has 2 heterocycles. The number of hydrogen-bond donors (Lipinski definition) is 1. The summed E-state index contributed by atoms with van der Waals surface area (Å²) in [6, 6.07) is 15.2. The minimum Gasteiger partial charge on any atom is -0.478 e. The Labute approximate surface area is 188 Å². The molecule has 164 valence electrons. The third-order valence-electron chi connectivity index (χ3n) is 7.06. The van der Waals surface area contributed by atoms with Crippen LogP contribution in [-0.4, -0.2) is 21.6 Å². The molecule has 1 aromatic heterocycles. The van der Waals surface area contributed by atoms with Gasteiger partial charge in [-0.05, 0) is 72.7 Å². The number of anilines is 1. The van der Waals surface area contributed by atoms with E-state index in [1.54, 1.807) is 17.0 Å². The Morgan fingerprint density at radius 1 is 0.906 bits per heavy atom. The highest BCUT2D eigenvalue weighted by Crippen LogP contribution is 2.34. The number of benzene rings is 2. The topological polar surface area (TPSA) is 62.5 Å². The van der Waals surface area contributed by atoms with Crippen LogP contribution in [0.1, 0.15) is 81.1 Å². The largest absolute Gasteiger partial charge is 0.478 e. The Balaban J connectivity index is 1.52. The number of carbonyl (C=O) groups excluding carboxylic acids is 1. The molecule has 5 nitrogen and oxygen atoms in total. The van der Waals surface area contributed by atoms with E-state index in [-0.39, 0.29) is 11.5 Å². The lowest BCUT2D eigenvalue weighted by molar-refractivity contribution is 0.0696. The number of amides is 1. The Morgan fingerprint density at radius 2 is 1.62 bits per heavy atom. The van der Waals surface area contributed by atoms with Crippen molar-refractivity contribution < 1.29 is 14.7 Å². The minimum absolute atomic E-state index is 0.0990. The van der Waals surface area contributed by atoms with Crippen molar-refractivity contribution in [3.8, 4) is 0 Å². The maximum absolute atomic E-state index is 13.7. The van der Waals surface area contributed by atoms with E-state index in [9.17, 15) is 14.7 Å². The predicted octanol–water partition coefficient (Wildman–Crippen LogP) is 5.75. The van der Waals surface area contributed by atoms with Crippen molar-refractivity contribution in [2.24, 2.45) is 0 Å². The third-order valence-corrected chi connectivity index (χ3v) is 7.06. The van der Waals surface area contributed by atoms with E-state index in [0.717, 1.165) is 16.8 Å². The Hall–Kier alpha value is -3.34. The van der Waals surface area contributed by atoms with Crippen molar-refractivity contribution in [1.82, 2.24) is 4.57 Å². The number of nitrogens with zero attached hydrogens (tertiary/aromatic N) is 2. The van der Waals surface area contributed by atoms with E-state index in [1.807, 2.05) is 31.3 Å². The lowest BCUT2D eigenvalue weighted by Gasteiger charge is -2.25. The van der Waals surface area contributed by atoms with E-state index in [0.29, 0.717) is 30.3 Å². The summed E-state index contributed by atoms with van der Waals surface area (Å²) < 4.78 is 2.15. The molecule has 1 N–H and O–H groups in total. The molecule has 32 heavy (non-hydrogen) atoms. The monoisotopic (exact) mass is 428 g/mol. The first kappa shape index (κ1) is 20.6. The lowest BCUT2D eigenvalue weighted by Crippen LogP contribution is -2.31. The number of hydrogen-bond acceptors (Lipinski definition) is 2. The van der Waals surface area contributed by atoms with Gasteiger partial charge in [0.05, 0.1) is 17.8 Å². The summed E-state index contributed by atoms with van der Waals surface area (Å²) in [5, 5.41) is 9.52. The van der Waals surface area contributed by atoms with Gasteiger partial charge in [-0.2, -0.15) is 0 Å². The van der Waals surface area contributed by atoms with Gasteiger partial charge >= 0.3 is 5.97 Å². The molecule has 3 aromatic rings. The SMILES string of the molecule is Cc1ccn2c1CN(C(=O)c1ccc(C3CCCCC3)cc1)c1cc(C(=O)O)ccc1C2. The third kappa shape index (κ3) is 3.72. The van der Waals surface area contributed by atoms with E-state index < -0.39 is 5.97 Å². The van der Waals surface area contributed by atoms with Crippen molar-refractivity contribution in [3.05, 3.63) is 88.2 Å². The fraction of sp³-hybridized carbons (Fsp3) is 0.333. The molecule has 0 bridgehead atoms. The summed E-state index contributed by atoms with van der Waals surface area (Å²) in [6.07, 6.45) is 8.36. The van der Waals surface area contributed by atoms with E-state index >= 15 is 0 Å². The van der Waals surface area contributed by atoms with Crippen LogP contribution < -0.4 is 4.90 Å². The van der Waals surface area contributed by atoms with Gasteiger partial charge in [-0.3, -0.25) is 4.79 Å². The zero-order valence-electron chi connectivity index (χ0n) is 18.4. The molecule has 0 saturated heterocycles. The molecule has 5 rings (SSSR count). The van der Waals surface area contributed by atoms with Gasteiger partial charge in [-0.25, -0.2) is 4.79 Å². The molecule has 1 amide bonds. The second kappa shape index (κ2) is 8.30. The number of rotatable bonds is 3. The summed E-state index contributed by atoms with van der Waals surface area (Å²) in [7, 11) is 0. The van der Waals surface area contributed by atoms with Gasteiger partial charge in [0.25, 0.3) is 5.91 Å². The van der Waals surface area contributed by atoms with Crippen LogP contribution in [0.5, 0.6) is 0 Å². The first-order valence-corrected chi connectivity index (χ1v) is 11.4. The predicted molar refractivity (Wildman–Crippen MR) is 124 cm³/mol. The van der Waals surface area contributed by atoms with Crippen molar-refractivity contribution in [2.75, 3.05) is 4.90 Å². The number of aryl methyl sites for hydroxylation is 1. The molecule has 1 aliphatic carbocycles. The van der Waals surface area contributed by atoms with Crippen LogP contribution in [0, 0.1) is 6.92 Å². The van der Waals surface area contributed by atoms with Crippen molar-refractivity contribution in [2.45, 2.75) is 58.0 Å². The highest BCUT2D eigenvalue weighted by atomic mass is 16.4. The Morgan fingerprint density at radius 3 is 2.34 bits per heavy atom. The Kier molecular flexibility index (Phi) is 5.33. The quantitative estimate of drug-likeness (QED) is 0.578. The zero-order chi connectivity index (χ0) is 22.2. The van der Waals surface area contributed by atoms with Crippen LogP contribution >= 0.6 is 0 Å². The fourth-order valence-electron chi connectivity index (χ4n) is 5.15. The molecule has 0 radical (unpaired) electrons. The molecular weight excluding hydrogens is 400 g/mol. The fourth-order valence-corrected chi connectivity index (χ4v) is 5.15. The standard InChI is InChI=1S/C27H28N2O3/c1-18-13-14-28-16-23-12-11-22(27(31)32)15-24(23)29(17-25(18)28)26(30)21-9-7-20(8-10-21)19-5-3-2-4-6-19/h7-15,19H,2-6,16-17H2,1H3,(H,31,32). The van der Waals surface area contributed by atoms with Crippen LogP contribution in [0.4, 0.5) is 5.69 Å². The number of fused-ring (bicyclic) bond motifs is 2. The van der Waals surface area contributed by atoms with Gasteiger partial charge in [0.1, 0.15) is 0 Å². The molecule has 0 unspecified atom stereocenters. The summed E-state index contributed by atoms with van der Waals surface area (Å²) >= 11 is 0. The summed E-state index contributed by atoms with van der Waals surface area (Å²) in [5.41, 5.74) is 5.96. The lowest BCUT2D eigenvalue weighted by atomic mass is 9.84. The van der Waals surface area contributed by atoms with E-state index in [2.05, 4.69) is 22.8 Å². The van der Waals surface area contributed by atoms with Gasteiger partial charge in [0, 0.05) is 24.0 Å². The highest BCUT2D eigenvalue weighted by molar-refractivity contribution is 6.07. The summed E-state index contributed by atoms with van der Waals surface area (Å²) in [5.74, 6) is -0.494. The molecule has 2 aromatic carbocycles. The molecule has 1 fully saturated rings. The van der Waals surface area contributed by atoms with Gasteiger partial charge in [-0.15, -0.1) is 0 Å². The first-order valence-electron chi connectivity index (χ1n) is 11.4. The van der Waals surface area contributed by atoms with E-state index in [4.69, 9.17) is 0 Å². The second-order valence-corrected chi connectivity index (χ2v) is 9.07. The molecular formula is C27H28N2O3. The van der Waals surface area contributed by atoms with Crippen LogP contribution in [0.15, 0.2) is 54.7 Å². The number of aromatic nitrogens is 1. The average Bonchev–Trinajstić information content (AvgIpc) is 3.07. The van der Waals surface area contributed by atoms with Gasteiger partial charge in [0.2, 0.25) is 0 Å². The van der Waals surface area contributed by atoms with Crippen LogP contribution in [-0.2, 0) is 13.1 Å². The molecule has 0 atom stereocenters. The number of carboxylic acids is 1. The van der Waals surface area contributed by atoms with Crippen molar-refractivity contribution in [1.29, 1.82) is 0 Å². The number of carbonyl (C=O) groups is 2. The van der Waals surface area contributed by atoms with Crippen LogP contribution in [0.2, 0.25) is 0 Å². The minimum atomic E-state index is -0.989. The molecule has 1 saturated carbocycles. The smallest absolute Gasteiger partial charge is 0.335 e. The molecule has 5 heteroatoms. The van der Waals surface area contributed by atoms with Gasteiger partial charge in [-0.1, -0.05) is 37.5 Å². The Bertz CT molecular complexity index is 1170. The molecule has 0 spiro atoms. The average molecular weight is 429 g/mol. The number of carboxylic acid groups (broad SMARTS) is 1. The number of aromatic carboxylic acids is 1. The zero-order valence-corrected chi connectivity index (χ0v) is 18.4. The van der Waals surface area contributed by atoms with E-state index in [1.165, 1.54) is 37.7 Å².